The molecule has 0 saturated heterocycles. The standard InChI is InChI=1S/C20H16N2O5S/c23-20(21-16-9-10-18-19(12-16)27-13-26-18)14-5-4-8-17(11-14)28(24,25)22-15-6-2-1-3-7-15/h1-12,22H,13H2,(H,21,23). The second-order valence-electron chi connectivity index (χ2n) is 6.02. The summed E-state index contributed by atoms with van der Waals surface area (Å²) in [6.45, 7) is 0.140. The van der Waals surface area contributed by atoms with E-state index in [4.69, 9.17) is 9.47 Å². The molecular weight excluding hydrogens is 380 g/mol. The van der Waals surface area contributed by atoms with Crippen LogP contribution in [0.3, 0.4) is 0 Å². The Hall–Kier alpha value is -3.52. The maximum Gasteiger partial charge on any atom is 0.261 e. The summed E-state index contributed by atoms with van der Waals surface area (Å²) in [5.41, 5.74) is 1.18. The second kappa shape index (κ2) is 7.24. The molecule has 8 heteroatoms. The molecule has 1 aliphatic rings. The second-order valence-corrected chi connectivity index (χ2v) is 7.70. The van der Waals surface area contributed by atoms with Crippen LogP contribution in [-0.2, 0) is 10.0 Å². The highest BCUT2D eigenvalue weighted by Crippen LogP contribution is 2.34. The van der Waals surface area contributed by atoms with E-state index in [0.717, 1.165) is 0 Å². The first-order valence-electron chi connectivity index (χ1n) is 8.40. The number of hydrogen-bond donors (Lipinski definition) is 2. The van der Waals surface area contributed by atoms with Gasteiger partial charge in [0, 0.05) is 23.0 Å². The van der Waals surface area contributed by atoms with Crippen molar-refractivity contribution in [1.82, 2.24) is 0 Å². The van der Waals surface area contributed by atoms with E-state index >= 15 is 0 Å². The van der Waals surface area contributed by atoms with Crippen LogP contribution in [0.1, 0.15) is 10.4 Å². The molecule has 3 aromatic rings. The van der Waals surface area contributed by atoms with Crippen LogP contribution < -0.4 is 19.5 Å². The summed E-state index contributed by atoms with van der Waals surface area (Å²) in [5.74, 6) is 0.717. The lowest BCUT2D eigenvalue weighted by molar-refractivity contribution is 0.102. The molecule has 0 radical (unpaired) electrons. The molecule has 0 atom stereocenters. The summed E-state index contributed by atoms with van der Waals surface area (Å²) in [6.07, 6.45) is 0. The number of benzene rings is 3. The van der Waals surface area contributed by atoms with Crippen molar-refractivity contribution < 1.29 is 22.7 Å². The molecule has 1 amide bonds. The van der Waals surface area contributed by atoms with Gasteiger partial charge in [0.05, 0.1) is 4.90 Å². The summed E-state index contributed by atoms with van der Waals surface area (Å²) in [7, 11) is -3.82. The van der Waals surface area contributed by atoms with Gasteiger partial charge in [-0.25, -0.2) is 8.42 Å². The molecular formula is C20H16N2O5S. The van der Waals surface area contributed by atoms with Crippen molar-refractivity contribution in [1.29, 1.82) is 0 Å². The van der Waals surface area contributed by atoms with Gasteiger partial charge in [-0.05, 0) is 42.5 Å². The molecule has 0 bridgehead atoms. The van der Waals surface area contributed by atoms with Gasteiger partial charge >= 0.3 is 0 Å². The number of carbonyl (C=O) groups is 1. The third-order valence-corrected chi connectivity index (χ3v) is 5.44. The Bertz CT molecular complexity index is 1130. The number of nitrogens with one attached hydrogen (secondary N) is 2. The van der Waals surface area contributed by atoms with E-state index in [9.17, 15) is 13.2 Å². The van der Waals surface area contributed by atoms with Crippen molar-refractivity contribution in [3.63, 3.8) is 0 Å². The van der Waals surface area contributed by atoms with Gasteiger partial charge in [-0.2, -0.15) is 0 Å². The highest BCUT2D eigenvalue weighted by atomic mass is 32.2. The van der Waals surface area contributed by atoms with Crippen LogP contribution in [0.2, 0.25) is 0 Å². The fourth-order valence-corrected chi connectivity index (χ4v) is 3.81. The minimum Gasteiger partial charge on any atom is -0.454 e. The van der Waals surface area contributed by atoms with Crippen LogP contribution >= 0.6 is 0 Å². The molecule has 0 fully saturated rings. The molecule has 0 saturated carbocycles. The number of amides is 1. The highest BCUT2D eigenvalue weighted by molar-refractivity contribution is 7.92. The minimum atomic E-state index is -3.82. The Labute approximate surface area is 162 Å². The Balaban J connectivity index is 1.54. The normalized spacial score (nSPS) is 12.4. The monoisotopic (exact) mass is 396 g/mol. The van der Waals surface area contributed by atoms with Gasteiger partial charge < -0.3 is 14.8 Å². The number of carbonyl (C=O) groups excluding carboxylic acids is 1. The fourth-order valence-electron chi connectivity index (χ4n) is 2.70. The number of para-hydroxylation sites is 1. The van der Waals surface area contributed by atoms with E-state index in [1.165, 1.54) is 18.2 Å². The van der Waals surface area contributed by atoms with E-state index in [0.29, 0.717) is 22.9 Å². The van der Waals surface area contributed by atoms with Gasteiger partial charge in [0.1, 0.15) is 0 Å². The molecule has 4 rings (SSSR count). The maximum absolute atomic E-state index is 12.6. The smallest absolute Gasteiger partial charge is 0.261 e. The number of ether oxygens (including phenoxy) is 2. The molecule has 0 aliphatic carbocycles. The van der Waals surface area contributed by atoms with E-state index in [2.05, 4.69) is 10.0 Å². The topological polar surface area (TPSA) is 93.7 Å². The van der Waals surface area contributed by atoms with E-state index < -0.39 is 15.9 Å². The molecule has 28 heavy (non-hydrogen) atoms. The molecule has 1 aliphatic heterocycles. The summed E-state index contributed by atoms with van der Waals surface area (Å²) >= 11 is 0. The number of sulfonamides is 1. The van der Waals surface area contributed by atoms with Gasteiger partial charge in [0.25, 0.3) is 15.9 Å². The van der Waals surface area contributed by atoms with E-state index in [1.54, 1.807) is 54.6 Å². The van der Waals surface area contributed by atoms with Crippen molar-refractivity contribution in [3.05, 3.63) is 78.4 Å². The van der Waals surface area contributed by atoms with E-state index in [-0.39, 0.29) is 17.3 Å². The lowest BCUT2D eigenvalue weighted by Crippen LogP contribution is -2.16. The predicted octanol–water partition coefficient (Wildman–Crippen LogP) is 3.47. The molecule has 0 unspecified atom stereocenters. The van der Waals surface area contributed by atoms with Gasteiger partial charge in [0.15, 0.2) is 11.5 Å². The average Bonchev–Trinajstić information content (AvgIpc) is 3.16. The van der Waals surface area contributed by atoms with Crippen LogP contribution in [-0.4, -0.2) is 21.1 Å². The highest BCUT2D eigenvalue weighted by Gasteiger charge is 2.18. The summed E-state index contributed by atoms with van der Waals surface area (Å²) < 4.78 is 38.2. The van der Waals surface area contributed by atoms with Crippen LogP contribution in [0.15, 0.2) is 77.7 Å². The van der Waals surface area contributed by atoms with Gasteiger partial charge in [-0.3, -0.25) is 9.52 Å². The SMILES string of the molecule is O=C(Nc1ccc2c(c1)OCO2)c1cccc(S(=O)(=O)Nc2ccccc2)c1. The van der Waals surface area contributed by atoms with Crippen molar-refractivity contribution in [2.75, 3.05) is 16.8 Å². The van der Waals surface area contributed by atoms with Gasteiger partial charge in [0.2, 0.25) is 6.79 Å². The van der Waals surface area contributed by atoms with Crippen molar-refractivity contribution in [2.45, 2.75) is 4.90 Å². The van der Waals surface area contributed by atoms with Crippen LogP contribution in [0, 0.1) is 0 Å². The largest absolute Gasteiger partial charge is 0.454 e. The Morgan fingerprint density at radius 1 is 0.821 bits per heavy atom. The molecule has 0 aromatic heterocycles. The van der Waals surface area contributed by atoms with Crippen molar-refractivity contribution in [2.24, 2.45) is 0 Å². The molecule has 3 aromatic carbocycles. The zero-order chi connectivity index (χ0) is 19.6. The first kappa shape index (κ1) is 17.9. The summed E-state index contributed by atoms with van der Waals surface area (Å²) in [4.78, 5) is 12.5. The maximum atomic E-state index is 12.6. The van der Waals surface area contributed by atoms with Gasteiger partial charge in [-0.15, -0.1) is 0 Å². The lowest BCUT2D eigenvalue weighted by atomic mass is 10.2. The van der Waals surface area contributed by atoms with Crippen LogP contribution in [0.25, 0.3) is 0 Å². The summed E-state index contributed by atoms with van der Waals surface area (Å²) in [5, 5.41) is 2.73. The fraction of sp³-hybridized carbons (Fsp3) is 0.0500. The van der Waals surface area contributed by atoms with Crippen molar-refractivity contribution >= 4 is 27.3 Å². The van der Waals surface area contributed by atoms with Crippen molar-refractivity contribution in [3.8, 4) is 11.5 Å². The molecule has 0 spiro atoms. The first-order valence-corrected chi connectivity index (χ1v) is 9.88. The molecule has 7 nitrogen and oxygen atoms in total. The third-order valence-electron chi connectivity index (χ3n) is 4.06. The minimum absolute atomic E-state index is 0.00492. The number of anilines is 2. The van der Waals surface area contributed by atoms with Crippen LogP contribution in [0.5, 0.6) is 11.5 Å². The Morgan fingerprint density at radius 2 is 1.61 bits per heavy atom. The molecule has 142 valence electrons. The number of hydrogen-bond acceptors (Lipinski definition) is 5. The van der Waals surface area contributed by atoms with Crippen LogP contribution in [0.4, 0.5) is 11.4 Å². The summed E-state index contributed by atoms with van der Waals surface area (Å²) in [6, 6.07) is 19.4. The zero-order valence-electron chi connectivity index (χ0n) is 14.6. The number of fused-ring (bicyclic) bond motifs is 1. The lowest BCUT2D eigenvalue weighted by Gasteiger charge is -2.10. The molecule has 1 heterocycles. The Kier molecular flexibility index (Phi) is 4.62. The Morgan fingerprint density at radius 3 is 2.43 bits per heavy atom. The third kappa shape index (κ3) is 3.77. The van der Waals surface area contributed by atoms with Gasteiger partial charge in [-0.1, -0.05) is 24.3 Å². The first-order chi connectivity index (χ1) is 13.5. The zero-order valence-corrected chi connectivity index (χ0v) is 15.4. The predicted molar refractivity (Wildman–Crippen MR) is 104 cm³/mol. The number of rotatable bonds is 5. The quantitative estimate of drug-likeness (QED) is 0.689. The van der Waals surface area contributed by atoms with E-state index in [1.807, 2.05) is 0 Å². The molecule has 2 N–H and O–H groups in total. The average molecular weight is 396 g/mol.